The number of hydrogen-bond donors (Lipinski definition) is 2. The quantitative estimate of drug-likeness (QED) is 0.488. The van der Waals surface area contributed by atoms with E-state index in [2.05, 4.69) is 15.4 Å². The van der Waals surface area contributed by atoms with E-state index < -0.39 is 29.0 Å². The first kappa shape index (κ1) is 21.1. The molecule has 2 heterocycles. The van der Waals surface area contributed by atoms with Gasteiger partial charge in [0, 0.05) is 17.7 Å². The fourth-order valence-electron chi connectivity index (χ4n) is 3.36. The number of rotatable bonds is 5. The van der Waals surface area contributed by atoms with Crippen molar-refractivity contribution in [2.24, 2.45) is 5.73 Å². The third-order valence-corrected chi connectivity index (χ3v) is 4.94. The van der Waals surface area contributed by atoms with E-state index in [0.29, 0.717) is 22.8 Å². The first-order chi connectivity index (χ1) is 15.3. The van der Waals surface area contributed by atoms with E-state index in [0.717, 1.165) is 11.6 Å². The van der Waals surface area contributed by atoms with Gasteiger partial charge in [0.15, 0.2) is 5.65 Å². The van der Waals surface area contributed by atoms with Crippen molar-refractivity contribution in [3.05, 3.63) is 77.5 Å². The molecule has 2 aromatic heterocycles. The number of pyridine rings is 1. The minimum atomic E-state index is -1.11. The van der Waals surface area contributed by atoms with Crippen LogP contribution in [0.1, 0.15) is 40.6 Å². The lowest BCUT2D eigenvalue weighted by Gasteiger charge is -2.12. The molecule has 9 heteroatoms. The van der Waals surface area contributed by atoms with Gasteiger partial charge < -0.3 is 11.1 Å². The number of hydrogen-bond acceptors (Lipinski definition) is 4. The standard InChI is InChI=1S/C23H19F2N5O2/c1-12(2)30-22-16(11-27-30)14(8-19(28-22)13-6-4-3-5-7-13)23(32)29-20-9-15(21(26)31)17(24)10-18(20)25/h3-12H,1-2H3,(H2,26,31)(H,29,32). The summed E-state index contributed by atoms with van der Waals surface area (Å²) in [5.74, 6) is -3.89. The Bertz CT molecular complexity index is 1350. The normalized spacial score (nSPS) is 11.2. The van der Waals surface area contributed by atoms with Gasteiger partial charge in [0.25, 0.3) is 11.8 Å². The molecule has 4 aromatic rings. The summed E-state index contributed by atoms with van der Waals surface area (Å²) in [5.41, 5.74) is 6.24. The average Bonchev–Trinajstić information content (AvgIpc) is 3.19. The summed E-state index contributed by atoms with van der Waals surface area (Å²) in [6, 6.07) is 12.2. The maximum Gasteiger partial charge on any atom is 0.256 e. The van der Waals surface area contributed by atoms with Gasteiger partial charge >= 0.3 is 0 Å². The Kier molecular flexibility index (Phi) is 5.40. The molecule has 7 nitrogen and oxygen atoms in total. The molecule has 0 saturated carbocycles. The van der Waals surface area contributed by atoms with Gasteiger partial charge in [-0.2, -0.15) is 5.10 Å². The molecule has 3 N–H and O–H groups in total. The third kappa shape index (κ3) is 3.80. The lowest BCUT2D eigenvalue weighted by molar-refractivity contribution is 0.0992. The van der Waals surface area contributed by atoms with Crippen LogP contribution in [-0.2, 0) is 0 Å². The van der Waals surface area contributed by atoms with E-state index in [1.54, 1.807) is 10.7 Å². The van der Waals surface area contributed by atoms with Gasteiger partial charge in [-0.3, -0.25) is 9.59 Å². The third-order valence-electron chi connectivity index (χ3n) is 4.94. The molecule has 162 valence electrons. The number of benzene rings is 2. The van der Waals surface area contributed by atoms with Crippen LogP contribution >= 0.6 is 0 Å². The summed E-state index contributed by atoms with van der Waals surface area (Å²) >= 11 is 0. The number of nitrogens with two attached hydrogens (primary N) is 1. The highest BCUT2D eigenvalue weighted by Crippen LogP contribution is 2.28. The molecule has 0 unspecified atom stereocenters. The van der Waals surface area contributed by atoms with Crippen molar-refractivity contribution in [3.8, 4) is 11.3 Å². The summed E-state index contributed by atoms with van der Waals surface area (Å²) < 4.78 is 29.8. The van der Waals surface area contributed by atoms with Gasteiger partial charge in [-0.25, -0.2) is 18.4 Å². The summed E-state index contributed by atoms with van der Waals surface area (Å²) in [7, 11) is 0. The highest BCUT2D eigenvalue weighted by atomic mass is 19.1. The molecule has 0 spiro atoms. The first-order valence-electron chi connectivity index (χ1n) is 9.80. The Balaban J connectivity index is 1.84. The lowest BCUT2D eigenvalue weighted by atomic mass is 10.1. The SMILES string of the molecule is CC(C)n1ncc2c(C(=O)Nc3cc(C(N)=O)c(F)cc3F)cc(-c3ccccc3)nc21. The number of carbonyl (C=O) groups is 2. The van der Waals surface area contributed by atoms with Crippen LogP contribution in [0.5, 0.6) is 0 Å². The van der Waals surface area contributed by atoms with Gasteiger partial charge in [0.1, 0.15) is 11.6 Å². The fraction of sp³-hybridized carbons (Fsp3) is 0.130. The monoisotopic (exact) mass is 435 g/mol. The zero-order valence-electron chi connectivity index (χ0n) is 17.3. The second-order valence-electron chi connectivity index (χ2n) is 7.47. The molecule has 0 aliphatic heterocycles. The number of nitrogens with one attached hydrogen (secondary N) is 1. The molecule has 2 amide bonds. The molecule has 0 radical (unpaired) electrons. The minimum absolute atomic E-state index is 0.0189. The number of aromatic nitrogens is 3. The molecule has 0 atom stereocenters. The molecule has 0 fully saturated rings. The van der Waals surface area contributed by atoms with E-state index in [9.17, 15) is 18.4 Å². The van der Waals surface area contributed by atoms with Gasteiger partial charge in [-0.1, -0.05) is 30.3 Å². The maximum atomic E-state index is 14.3. The largest absolute Gasteiger partial charge is 0.366 e. The molecular weight excluding hydrogens is 416 g/mol. The van der Waals surface area contributed by atoms with Crippen molar-refractivity contribution in [3.63, 3.8) is 0 Å². The van der Waals surface area contributed by atoms with E-state index in [4.69, 9.17) is 5.73 Å². The van der Waals surface area contributed by atoms with Gasteiger partial charge in [0.2, 0.25) is 0 Å². The Hall–Kier alpha value is -4.14. The molecular formula is C23H19F2N5O2. The van der Waals surface area contributed by atoms with Crippen molar-refractivity contribution in [1.82, 2.24) is 14.8 Å². The zero-order valence-corrected chi connectivity index (χ0v) is 17.3. The van der Waals surface area contributed by atoms with Crippen LogP contribution in [-0.4, -0.2) is 26.6 Å². The molecule has 0 bridgehead atoms. The Morgan fingerprint density at radius 1 is 1.03 bits per heavy atom. The number of primary amides is 1. The molecule has 0 saturated heterocycles. The fourth-order valence-corrected chi connectivity index (χ4v) is 3.36. The Morgan fingerprint density at radius 2 is 1.75 bits per heavy atom. The van der Waals surface area contributed by atoms with Crippen molar-refractivity contribution >= 4 is 28.5 Å². The molecule has 0 aliphatic carbocycles. The van der Waals surface area contributed by atoms with Crippen LogP contribution in [0.3, 0.4) is 0 Å². The number of anilines is 1. The summed E-state index contributed by atoms with van der Waals surface area (Å²) in [6.45, 7) is 3.87. The highest BCUT2D eigenvalue weighted by Gasteiger charge is 2.21. The number of amides is 2. The van der Waals surface area contributed by atoms with Crippen LogP contribution in [0.4, 0.5) is 14.5 Å². The first-order valence-corrected chi connectivity index (χ1v) is 9.80. The summed E-state index contributed by atoms with van der Waals surface area (Å²) in [5, 5.41) is 7.21. The van der Waals surface area contributed by atoms with Crippen LogP contribution in [0.2, 0.25) is 0 Å². The second kappa shape index (κ2) is 8.18. The Labute approximate surface area is 181 Å². The number of halogens is 2. The van der Waals surface area contributed by atoms with Crippen LogP contribution < -0.4 is 11.1 Å². The van der Waals surface area contributed by atoms with Crippen LogP contribution in [0.25, 0.3) is 22.3 Å². The van der Waals surface area contributed by atoms with Gasteiger partial charge in [-0.05, 0) is 26.0 Å². The predicted octanol–water partition coefficient (Wildman–Crippen LogP) is 4.31. The zero-order chi connectivity index (χ0) is 23.0. The molecule has 4 rings (SSSR count). The van der Waals surface area contributed by atoms with E-state index >= 15 is 0 Å². The molecule has 32 heavy (non-hydrogen) atoms. The number of fused-ring (bicyclic) bond motifs is 1. The van der Waals surface area contributed by atoms with E-state index in [1.807, 2.05) is 44.2 Å². The van der Waals surface area contributed by atoms with Crippen molar-refractivity contribution in [2.75, 3.05) is 5.32 Å². The van der Waals surface area contributed by atoms with Crippen molar-refractivity contribution in [1.29, 1.82) is 0 Å². The van der Waals surface area contributed by atoms with E-state index in [1.165, 1.54) is 6.20 Å². The number of carbonyl (C=O) groups excluding carboxylic acids is 2. The minimum Gasteiger partial charge on any atom is -0.366 e. The smallest absolute Gasteiger partial charge is 0.256 e. The topological polar surface area (TPSA) is 103 Å². The predicted molar refractivity (Wildman–Crippen MR) is 116 cm³/mol. The highest BCUT2D eigenvalue weighted by molar-refractivity contribution is 6.13. The Morgan fingerprint density at radius 3 is 2.41 bits per heavy atom. The lowest BCUT2D eigenvalue weighted by Crippen LogP contribution is -2.17. The molecule has 0 aliphatic rings. The van der Waals surface area contributed by atoms with Gasteiger partial charge in [-0.15, -0.1) is 0 Å². The van der Waals surface area contributed by atoms with E-state index in [-0.39, 0.29) is 17.3 Å². The summed E-state index contributed by atoms with van der Waals surface area (Å²) in [4.78, 5) is 29.2. The van der Waals surface area contributed by atoms with Crippen LogP contribution in [0, 0.1) is 11.6 Å². The molecule has 2 aromatic carbocycles. The second-order valence-corrected chi connectivity index (χ2v) is 7.47. The van der Waals surface area contributed by atoms with Crippen molar-refractivity contribution < 1.29 is 18.4 Å². The number of nitrogens with zero attached hydrogens (tertiary/aromatic N) is 3. The van der Waals surface area contributed by atoms with Crippen LogP contribution in [0.15, 0.2) is 54.7 Å². The van der Waals surface area contributed by atoms with Gasteiger partial charge in [0.05, 0.1) is 34.1 Å². The average molecular weight is 435 g/mol. The summed E-state index contributed by atoms with van der Waals surface area (Å²) in [6.07, 6.45) is 1.52. The maximum absolute atomic E-state index is 14.3. The van der Waals surface area contributed by atoms with Crippen molar-refractivity contribution in [2.45, 2.75) is 19.9 Å².